The molecule has 6 amide bonds. The van der Waals surface area contributed by atoms with Crippen LogP contribution in [0.5, 0.6) is 5.75 Å². The molecule has 0 aliphatic carbocycles. The van der Waals surface area contributed by atoms with E-state index in [1.54, 1.807) is 60.8 Å². The average Bonchev–Trinajstić information content (AvgIpc) is 4.13. The molecule has 18 nitrogen and oxygen atoms in total. The fourth-order valence-electron chi connectivity index (χ4n) is 11.0. The zero-order valence-electron chi connectivity index (χ0n) is 45.0. The molecule has 0 saturated carbocycles. The fraction of sp³-hybridized carbons (Fsp3) is 0.371. The number of nitrogens with zero attached hydrogens (tertiary/aromatic N) is 1. The summed E-state index contributed by atoms with van der Waals surface area (Å²) >= 11 is 0. The zero-order chi connectivity index (χ0) is 56.0. The topological polar surface area (TPSA) is 255 Å². The summed E-state index contributed by atoms with van der Waals surface area (Å²) in [5.41, 5.74) is 11.0. The summed E-state index contributed by atoms with van der Waals surface area (Å²) in [5, 5.41) is 18.8. The van der Waals surface area contributed by atoms with Gasteiger partial charge in [0.2, 0.25) is 29.5 Å². The van der Waals surface area contributed by atoms with Crippen molar-refractivity contribution in [2.45, 2.75) is 101 Å². The molecule has 9 rings (SSSR count). The van der Waals surface area contributed by atoms with Crippen molar-refractivity contribution in [2.24, 2.45) is 17.6 Å². The van der Waals surface area contributed by atoms with E-state index >= 15 is 28.8 Å². The number of alkyl carbamates (subject to hydrolysis) is 1. The van der Waals surface area contributed by atoms with Gasteiger partial charge in [-0.05, 0) is 97.3 Å². The van der Waals surface area contributed by atoms with Crippen LogP contribution in [0.3, 0.4) is 0 Å². The molecule has 18 heteroatoms. The molecule has 3 fully saturated rings. The first-order valence-corrected chi connectivity index (χ1v) is 27.7. The molecule has 0 unspecified atom stereocenters. The average molecular weight is 1090 g/mol. The molecular weight excluding hydrogens is 1010 g/mol. The molecule has 0 spiro atoms. The first kappa shape index (κ1) is 56.4. The maximum absolute atomic E-state index is 15.4. The number of hydrogen-bond acceptors (Lipinski definition) is 11. The number of aryl methyl sites for hydroxylation is 1. The van der Waals surface area contributed by atoms with Gasteiger partial charge in [-0.15, -0.1) is 0 Å². The molecule has 0 radical (unpaired) electrons. The zero-order valence-corrected chi connectivity index (χ0v) is 45.0. The number of Topliss-reactive ketones (excluding diaryl/α,β-unsaturated/α-hetero) is 1. The van der Waals surface area contributed by atoms with Crippen molar-refractivity contribution < 1.29 is 43.0 Å². The van der Waals surface area contributed by atoms with Crippen molar-refractivity contribution in [3.8, 4) is 5.75 Å². The third-order valence-electron chi connectivity index (χ3n) is 15.3. The summed E-state index contributed by atoms with van der Waals surface area (Å²) < 4.78 is 11.9. The van der Waals surface area contributed by atoms with Gasteiger partial charge in [-0.25, -0.2) is 4.79 Å². The molecule has 4 heterocycles. The third kappa shape index (κ3) is 14.9. The molecule has 3 aliphatic heterocycles. The largest absolute Gasteiger partial charge is 0.489 e. The van der Waals surface area contributed by atoms with Crippen LogP contribution in [-0.2, 0) is 59.4 Å². The molecule has 80 heavy (non-hydrogen) atoms. The number of ether oxygens (including phenoxy) is 2. The number of rotatable bonds is 15. The van der Waals surface area contributed by atoms with E-state index in [-0.39, 0.29) is 57.7 Å². The second-order valence-electron chi connectivity index (χ2n) is 21.2. The van der Waals surface area contributed by atoms with Crippen LogP contribution in [0.2, 0.25) is 0 Å². The molecule has 1 aromatic heterocycles. The highest BCUT2D eigenvalue weighted by Gasteiger charge is 2.45. The minimum absolute atomic E-state index is 0.0150. The Morgan fingerprint density at radius 2 is 1.34 bits per heavy atom. The Morgan fingerprint density at radius 1 is 0.688 bits per heavy atom. The van der Waals surface area contributed by atoms with Crippen LogP contribution >= 0.6 is 0 Å². The summed E-state index contributed by atoms with van der Waals surface area (Å²) in [6, 6.07) is 34.0. The lowest BCUT2D eigenvalue weighted by atomic mass is 9.83. The van der Waals surface area contributed by atoms with Crippen molar-refractivity contribution in [2.75, 3.05) is 32.7 Å². The SMILES string of the molecule is Cc1ccc2[nH]cc(C[C@H]3NC(=O)[C@H](c4ccccc4)NC(=O)[C@@H]4C[C@@H](OC(=O)NCCN)CN4C(=O)[C@H](Cc4ccccc4)NC(=O)[C@H](Cc4ccc(OCc5ccccc5)cc4)NC(=O)[C@H](CC4CCNCC4)CC3=O)c2c1. The van der Waals surface area contributed by atoms with E-state index in [9.17, 15) is 4.79 Å². The van der Waals surface area contributed by atoms with Gasteiger partial charge < -0.3 is 57.0 Å². The van der Waals surface area contributed by atoms with Gasteiger partial charge in [0.1, 0.15) is 42.6 Å². The van der Waals surface area contributed by atoms with Gasteiger partial charge in [0.05, 0.1) is 12.6 Å². The number of amides is 6. The minimum Gasteiger partial charge on any atom is -0.489 e. The van der Waals surface area contributed by atoms with E-state index in [4.69, 9.17) is 15.2 Å². The Bertz CT molecular complexity index is 3100. The number of carbonyl (C=O) groups excluding carboxylic acids is 7. The third-order valence-corrected chi connectivity index (χ3v) is 15.3. The standard InChI is InChI=1S/C62H71N9O9/c1-39-17-22-50-49(29-39)46(36-66-50)33-51-55(72)34-45(30-42-23-26-64-27-24-42)57(73)68-52(31-41-18-20-47(21-19-41)79-38-43-13-7-3-8-14-43)58(74)69-53(32-40-11-5-2-6-12-40)61(77)71-37-48(80-62(78)65-28-25-63)35-54(71)59(75)70-56(60(76)67-51)44-15-9-4-10-16-44/h2-22,29,36,42,45,48,51-54,56,64,66H,23-28,30-35,37-38,63H2,1H3,(H,65,78)(H,67,76)(H,68,73)(H,69,74)(H,70,75)/t45-,48-,51-,52+,53+,54+,56+/m1/s1. The van der Waals surface area contributed by atoms with Crippen LogP contribution in [-0.4, -0.2) is 114 Å². The number of hydrogen-bond donors (Lipinski definition) is 8. The Kier molecular flexibility index (Phi) is 19.0. The minimum atomic E-state index is -1.38. The van der Waals surface area contributed by atoms with E-state index in [2.05, 4.69) is 36.9 Å². The van der Waals surface area contributed by atoms with Crippen LogP contribution in [0.4, 0.5) is 4.79 Å². The molecule has 0 bridgehead atoms. The van der Waals surface area contributed by atoms with Gasteiger partial charge in [0, 0.05) is 68.2 Å². The summed E-state index contributed by atoms with van der Waals surface area (Å²) in [6.07, 6.45) is 1.43. The Labute approximate surface area is 465 Å². The molecule has 7 atom stereocenters. The van der Waals surface area contributed by atoms with Gasteiger partial charge in [-0.2, -0.15) is 0 Å². The predicted octanol–water partition coefficient (Wildman–Crippen LogP) is 5.03. The molecule has 3 aliphatic rings. The second kappa shape index (κ2) is 27.0. The lowest BCUT2D eigenvalue weighted by Gasteiger charge is -2.32. The first-order valence-electron chi connectivity index (χ1n) is 27.7. The number of aromatic nitrogens is 1. The van der Waals surface area contributed by atoms with Gasteiger partial charge in [-0.1, -0.05) is 115 Å². The molecule has 6 aromatic rings. The van der Waals surface area contributed by atoms with E-state index in [0.717, 1.165) is 53.5 Å². The lowest BCUT2D eigenvalue weighted by molar-refractivity contribution is -0.143. The summed E-state index contributed by atoms with van der Waals surface area (Å²) in [7, 11) is 0. The van der Waals surface area contributed by atoms with Crippen LogP contribution in [0.15, 0.2) is 140 Å². The number of piperidine rings is 1. The summed E-state index contributed by atoms with van der Waals surface area (Å²) in [4.78, 5) is 109. The number of aromatic amines is 1. The predicted molar refractivity (Wildman–Crippen MR) is 302 cm³/mol. The number of ketones is 1. The van der Waals surface area contributed by atoms with Crippen molar-refractivity contribution in [3.05, 3.63) is 173 Å². The Balaban J connectivity index is 1.12. The van der Waals surface area contributed by atoms with Gasteiger partial charge in [0.15, 0.2) is 5.78 Å². The molecular formula is C62H71N9O9. The van der Waals surface area contributed by atoms with Crippen molar-refractivity contribution >= 4 is 52.3 Å². The smallest absolute Gasteiger partial charge is 0.407 e. The highest BCUT2D eigenvalue weighted by atomic mass is 16.6. The number of carbonyl (C=O) groups is 7. The number of nitrogens with one attached hydrogen (secondary N) is 7. The van der Waals surface area contributed by atoms with Crippen LogP contribution in [0, 0.1) is 18.8 Å². The van der Waals surface area contributed by atoms with E-state index in [1.165, 1.54) is 4.90 Å². The first-order chi connectivity index (χ1) is 38.9. The van der Waals surface area contributed by atoms with E-state index < -0.39 is 83.6 Å². The molecule has 9 N–H and O–H groups in total. The van der Waals surface area contributed by atoms with E-state index in [1.807, 2.05) is 85.8 Å². The van der Waals surface area contributed by atoms with E-state index in [0.29, 0.717) is 35.5 Å². The monoisotopic (exact) mass is 1090 g/mol. The molecule has 3 saturated heterocycles. The quantitative estimate of drug-likeness (QED) is 0.0677. The van der Waals surface area contributed by atoms with Gasteiger partial charge in [0.25, 0.3) is 0 Å². The second-order valence-corrected chi connectivity index (χ2v) is 21.2. The van der Waals surface area contributed by atoms with Gasteiger partial charge in [-0.3, -0.25) is 28.8 Å². The summed E-state index contributed by atoms with van der Waals surface area (Å²) in [5.74, 6) is -3.99. The number of nitrogens with two attached hydrogens (primary N) is 1. The number of benzene rings is 5. The van der Waals surface area contributed by atoms with Crippen molar-refractivity contribution in [1.82, 2.24) is 41.8 Å². The number of fused-ring (bicyclic) bond motifs is 2. The maximum Gasteiger partial charge on any atom is 0.407 e. The van der Waals surface area contributed by atoms with Gasteiger partial charge >= 0.3 is 6.09 Å². The molecule has 418 valence electrons. The van der Waals surface area contributed by atoms with Crippen molar-refractivity contribution in [3.63, 3.8) is 0 Å². The number of H-pyrrole nitrogens is 1. The van der Waals surface area contributed by atoms with Crippen LogP contribution < -0.4 is 42.4 Å². The molecule has 5 aromatic carbocycles. The van der Waals surface area contributed by atoms with Crippen LogP contribution in [0.25, 0.3) is 10.9 Å². The fourth-order valence-corrected chi connectivity index (χ4v) is 11.0. The highest BCUT2D eigenvalue weighted by molar-refractivity contribution is 5.99. The normalized spacial score (nSPS) is 22.7. The lowest BCUT2D eigenvalue weighted by Crippen LogP contribution is -2.59. The Morgan fingerprint density at radius 3 is 2.05 bits per heavy atom. The highest BCUT2D eigenvalue weighted by Crippen LogP contribution is 2.29. The van der Waals surface area contributed by atoms with Crippen LogP contribution in [0.1, 0.15) is 71.5 Å². The Hall–Kier alpha value is -8.35. The van der Waals surface area contributed by atoms with Crippen molar-refractivity contribution in [1.29, 1.82) is 0 Å². The summed E-state index contributed by atoms with van der Waals surface area (Å²) in [6.45, 7) is 3.78. The maximum atomic E-state index is 15.4.